The number of hydrogen-bond acceptors (Lipinski definition) is 7. The van der Waals surface area contributed by atoms with E-state index in [0.717, 1.165) is 48.3 Å². The van der Waals surface area contributed by atoms with Gasteiger partial charge in [0, 0.05) is 29.0 Å². The maximum absolute atomic E-state index is 12.0. The number of aromatic nitrogens is 2. The number of hydrogen-bond donors (Lipinski definition) is 3. The molecule has 1 aromatic carbocycles. The molecule has 1 aromatic heterocycles. The minimum Gasteiger partial charge on any atom is -0.443 e. The monoisotopic (exact) mass is 399 g/mol. The fourth-order valence-electron chi connectivity index (χ4n) is 3.47. The maximum Gasteiger partial charge on any atom is 0.407 e. The molecule has 4 rings (SSSR count). The van der Waals surface area contributed by atoms with Crippen LogP contribution in [-0.2, 0) is 4.74 Å². The van der Waals surface area contributed by atoms with Crippen molar-refractivity contribution in [3.05, 3.63) is 42.2 Å². The van der Waals surface area contributed by atoms with E-state index in [2.05, 4.69) is 20.6 Å². The molecule has 2 fully saturated rings. The molecular weight excluding hydrogens is 374 g/mol. The van der Waals surface area contributed by atoms with Crippen LogP contribution >= 0.6 is 11.9 Å². The third-order valence-corrected chi connectivity index (χ3v) is 5.98. The van der Waals surface area contributed by atoms with Gasteiger partial charge in [-0.3, -0.25) is 5.14 Å². The van der Waals surface area contributed by atoms with E-state index in [9.17, 15) is 4.79 Å². The van der Waals surface area contributed by atoms with Gasteiger partial charge >= 0.3 is 6.09 Å². The number of benzene rings is 1. The average Bonchev–Trinajstić information content (AvgIpc) is 3.23. The number of anilines is 2. The summed E-state index contributed by atoms with van der Waals surface area (Å²) < 4.78 is 5.45. The molecule has 0 bridgehead atoms. The first-order valence-electron chi connectivity index (χ1n) is 9.58. The van der Waals surface area contributed by atoms with Gasteiger partial charge in [0.2, 0.25) is 5.95 Å². The molecule has 0 radical (unpaired) electrons. The van der Waals surface area contributed by atoms with Crippen LogP contribution in [0.4, 0.5) is 16.4 Å². The van der Waals surface area contributed by atoms with E-state index < -0.39 is 0 Å². The Morgan fingerprint density at radius 3 is 2.57 bits per heavy atom. The van der Waals surface area contributed by atoms with Crippen molar-refractivity contribution in [1.29, 1.82) is 0 Å². The molecule has 2 aliphatic rings. The SMILES string of the molecule is CC1(OC(=O)NC2CCC(c3cnc(Nc4ccc(SN)cc4)nc3)C2)CC1. The number of carbonyl (C=O) groups excluding carboxylic acids is 1. The third kappa shape index (κ3) is 4.74. The lowest BCUT2D eigenvalue weighted by Crippen LogP contribution is -2.35. The Bertz CT molecular complexity index is 823. The van der Waals surface area contributed by atoms with Crippen molar-refractivity contribution in [2.24, 2.45) is 5.14 Å². The number of nitrogens with one attached hydrogen (secondary N) is 2. The number of alkyl carbamates (subject to hydrolysis) is 1. The van der Waals surface area contributed by atoms with Gasteiger partial charge in [0.05, 0.1) is 0 Å². The highest BCUT2D eigenvalue weighted by Crippen LogP contribution is 2.39. The smallest absolute Gasteiger partial charge is 0.407 e. The molecule has 0 aliphatic heterocycles. The molecule has 148 valence electrons. The summed E-state index contributed by atoms with van der Waals surface area (Å²) in [5, 5.41) is 11.7. The van der Waals surface area contributed by atoms with Crippen LogP contribution in [0, 0.1) is 0 Å². The molecule has 2 unspecified atom stereocenters. The minimum atomic E-state index is -0.291. The topological polar surface area (TPSA) is 102 Å². The molecule has 1 amide bonds. The van der Waals surface area contributed by atoms with Gasteiger partial charge < -0.3 is 15.4 Å². The van der Waals surface area contributed by atoms with Crippen molar-refractivity contribution >= 4 is 29.7 Å². The molecule has 0 saturated heterocycles. The van der Waals surface area contributed by atoms with Crippen molar-refractivity contribution < 1.29 is 9.53 Å². The summed E-state index contributed by atoms with van der Waals surface area (Å²) in [7, 11) is 0. The van der Waals surface area contributed by atoms with Crippen molar-refractivity contribution in [2.45, 2.75) is 61.5 Å². The zero-order chi connectivity index (χ0) is 19.6. The molecule has 28 heavy (non-hydrogen) atoms. The largest absolute Gasteiger partial charge is 0.443 e. The van der Waals surface area contributed by atoms with Crippen LogP contribution < -0.4 is 15.8 Å². The van der Waals surface area contributed by atoms with Gasteiger partial charge in [-0.1, -0.05) is 0 Å². The van der Waals surface area contributed by atoms with Gasteiger partial charge in [-0.05, 0) is 86.7 Å². The zero-order valence-electron chi connectivity index (χ0n) is 15.9. The number of nitrogens with two attached hydrogens (primary N) is 1. The van der Waals surface area contributed by atoms with Gasteiger partial charge in [-0.2, -0.15) is 0 Å². The predicted molar refractivity (Wildman–Crippen MR) is 109 cm³/mol. The van der Waals surface area contributed by atoms with Crippen LogP contribution in [0.3, 0.4) is 0 Å². The normalized spacial score (nSPS) is 22.5. The lowest BCUT2D eigenvalue weighted by molar-refractivity contribution is 0.0905. The Morgan fingerprint density at radius 2 is 1.93 bits per heavy atom. The summed E-state index contributed by atoms with van der Waals surface area (Å²) in [6.45, 7) is 1.97. The third-order valence-electron chi connectivity index (χ3n) is 5.44. The fraction of sp³-hybridized carbons (Fsp3) is 0.450. The van der Waals surface area contributed by atoms with Crippen LogP contribution in [0.25, 0.3) is 0 Å². The highest BCUT2D eigenvalue weighted by Gasteiger charge is 2.42. The van der Waals surface area contributed by atoms with E-state index in [1.54, 1.807) is 0 Å². The molecule has 8 heteroatoms. The van der Waals surface area contributed by atoms with E-state index >= 15 is 0 Å². The van der Waals surface area contributed by atoms with Crippen LogP contribution in [-0.4, -0.2) is 27.7 Å². The van der Waals surface area contributed by atoms with E-state index in [1.165, 1.54) is 11.9 Å². The summed E-state index contributed by atoms with van der Waals surface area (Å²) in [6, 6.07) is 7.93. The number of carbonyl (C=O) groups is 1. The van der Waals surface area contributed by atoms with E-state index in [1.807, 2.05) is 43.6 Å². The first-order chi connectivity index (χ1) is 13.5. The molecule has 2 atom stereocenters. The van der Waals surface area contributed by atoms with Crippen molar-refractivity contribution in [1.82, 2.24) is 15.3 Å². The molecule has 1 heterocycles. The summed E-state index contributed by atoms with van der Waals surface area (Å²) in [6.07, 6.45) is 8.22. The molecule has 0 spiro atoms. The van der Waals surface area contributed by atoms with Gasteiger partial charge in [-0.15, -0.1) is 0 Å². The van der Waals surface area contributed by atoms with E-state index in [-0.39, 0.29) is 17.7 Å². The Hall–Kier alpha value is -2.32. The Balaban J connectivity index is 1.29. The molecule has 4 N–H and O–H groups in total. The molecule has 2 aromatic rings. The van der Waals surface area contributed by atoms with Crippen molar-refractivity contribution in [3.8, 4) is 0 Å². The molecular formula is C20H25N5O2S. The summed E-state index contributed by atoms with van der Waals surface area (Å²) in [5.74, 6) is 0.919. The van der Waals surface area contributed by atoms with Crippen LogP contribution in [0.5, 0.6) is 0 Å². The van der Waals surface area contributed by atoms with Gasteiger partial charge in [0.25, 0.3) is 0 Å². The Labute approximate surface area is 169 Å². The van der Waals surface area contributed by atoms with Crippen LogP contribution in [0.15, 0.2) is 41.6 Å². The minimum absolute atomic E-state index is 0.150. The number of nitrogens with zero attached hydrogens (tertiary/aromatic N) is 2. The zero-order valence-corrected chi connectivity index (χ0v) is 16.7. The Kier molecular flexibility index (Phi) is 5.41. The van der Waals surface area contributed by atoms with E-state index in [4.69, 9.17) is 9.88 Å². The van der Waals surface area contributed by atoms with Crippen LogP contribution in [0.2, 0.25) is 0 Å². The van der Waals surface area contributed by atoms with Crippen molar-refractivity contribution in [3.63, 3.8) is 0 Å². The van der Waals surface area contributed by atoms with Gasteiger partial charge in [0.1, 0.15) is 5.60 Å². The van der Waals surface area contributed by atoms with Crippen molar-refractivity contribution in [2.75, 3.05) is 5.32 Å². The van der Waals surface area contributed by atoms with Gasteiger partial charge in [0.15, 0.2) is 0 Å². The lowest BCUT2D eigenvalue weighted by atomic mass is 10.0. The quantitative estimate of drug-likeness (QED) is 0.628. The lowest BCUT2D eigenvalue weighted by Gasteiger charge is -2.16. The fourth-order valence-corrected chi connectivity index (χ4v) is 3.77. The summed E-state index contributed by atoms with van der Waals surface area (Å²) >= 11 is 1.22. The highest BCUT2D eigenvalue weighted by molar-refractivity contribution is 7.97. The number of amides is 1. The molecule has 7 nitrogen and oxygen atoms in total. The summed E-state index contributed by atoms with van der Waals surface area (Å²) in [4.78, 5) is 21.9. The molecule has 2 saturated carbocycles. The number of rotatable bonds is 6. The summed E-state index contributed by atoms with van der Waals surface area (Å²) in [5.41, 5.74) is 1.79. The maximum atomic E-state index is 12.0. The number of ether oxygens (including phenoxy) is 1. The second-order valence-corrected chi connectivity index (χ2v) is 8.51. The van der Waals surface area contributed by atoms with Gasteiger partial charge in [-0.25, -0.2) is 14.8 Å². The Morgan fingerprint density at radius 1 is 1.21 bits per heavy atom. The predicted octanol–water partition coefficient (Wildman–Crippen LogP) is 4.10. The first kappa shape index (κ1) is 19.0. The highest BCUT2D eigenvalue weighted by atomic mass is 32.2. The van der Waals surface area contributed by atoms with E-state index in [0.29, 0.717) is 11.9 Å². The second kappa shape index (κ2) is 7.97. The first-order valence-corrected chi connectivity index (χ1v) is 10.5. The standard InChI is InChI=1S/C20H25N5O2S/c1-20(8-9-20)27-19(26)25-16-3-2-13(10-16)14-11-22-18(23-12-14)24-15-4-6-17(28-21)7-5-15/h4-7,11-13,16H,2-3,8-10,21H2,1H3,(H,25,26)(H,22,23,24). The second-order valence-electron chi connectivity index (χ2n) is 7.80. The molecule has 2 aliphatic carbocycles. The average molecular weight is 400 g/mol. The van der Waals surface area contributed by atoms with Crippen LogP contribution in [0.1, 0.15) is 50.5 Å².